The maximum atomic E-state index is 12.2. The SMILES string of the molecule is CC(C)CCOc1ccc(NC(=O)N2CCC(C(=O)O)CC2)cc1. The van der Waals surface area contributed by atoms with Crippen molar-refractivity contribution in [2.24, 2.45) is 11.8 Å². The van der Waals surface area contributed by atoms with Gasteiger partial charge in [0.05, 0.1) is 12.5 Å². The van der Waals surface area contributed by atoms with Gasteiger partial charge >= 0.3 is 12.0 Å². The van der Waals surface area contributed by atoms with Gasteiger partial charge in [0, 0.05) is 18.8 Å². The van der Waals surface area contributed by atoms with E-state index in [0.717, 1.165) is 12.2 Å². The van der Waals surface area contributed by atoms with Crippen molar-refractivity contribution in [1.29, 1.82) is 0 Å². The first kappa shape index (κ1) is 18.1. The Morgan fingerprint density at radius 2 is 1.88 bits per heavy atom. The predicted molar refractivity (Wildman–Crippen MR) is 92.3 cm³/mol. The van der Waals surface area contributed by atoms with E-state index in [1.807, 2.05) is 24.3 Å². The third-order valence-electron chi connectivity index (χ3n) is 4.20. The number of carboxylic acids is 1. The number of rotatable bonds is 6. The Balaban J connectivity index is 1.79. The van der Waals surface area contributed by atoms with Crippen molar-refractivity contribution in [2.45, 2.75) is 33.1 Å². The molecule has 1 aromatic rings. The van der Waals surface area contributed by atoms with Gasteiger partial charge in [-0.25, -0.2) is 4.79 Å². The fourth-order valence-electron chi connectivity index (χ4n) is 2.58. The van der Waals surface area contributed by atoms with Gasteiger partial charge < -0.3 is 20.1 Å². The molecule has 0 radical (unpaired) electrons. The van der Waals surface area contributed by atoms with E-state index in [1.54, 1.807) is 4.90 Å². The summed E-state index contributed by atoms with van der Waals surface area (Å²) in [6, 6.07) is 7.12. The summed E-state index contributed by atoms with van der Waals surface area (Å²) in [5, 5.41) is 11.8. The number of benzene rings is 1. The molecule has 0 bridgehead atoms. The van der Waals surface area contributed by atoms with Crippen molar-refractivity contribution < 1.29 is 19.4 Å². The van der Waals surface area contributed by atoms with Gasteiger partial charge in [0.25, 0.3) is 0 Å². The lowest BCUT2D eigenvalue weighted by molar-refractivity contribution is -0.143. The number of ether oxygens (including phenoxy) is 1. The summed E-state index contributed by atoms with van der Waals surface area (Å²) >= 11 is 0. The number of carbonyl (C=O) groups is 2. The number of urea groups is 1. The van der Waals surface area contributed by atoms with Crippen LogP contribution in [0.3, 0.4) is 0 Å². The third kappa shape index (κ3) is 5.44. The number of aliphatic carboxylic acids is 1. The number of likely N-dealkylation sites (tertiary alicyclic amines) is 1. The maximum Gasteiger partial charge on any atom is 0.321 e. The van der Waals surface area contributed by atoms with E-state index in [9.17, 15) is 9.59 Å². The Labute approximate surface area is 142 Å². The molecule has 0 spiro atoms. The highest BCUT2D eigenvalue weighted by atomic mass is 16.5. The molecule has 1 aliphatic heterocycles. The van der Waals surface area contributed by atoms with Crippen LogP contribution in [0.4, 0.5) is 10.5 Å². The van der Waals surface area contributed by atoms with Crippen LogP contribution in [-0.2, 0) is 4.79 Å². The largest absolute Gasteiger partial charge is 0.494 e. The fraction of sp³-hybridized carbons (Fsp3) is 0.556. The molecule has 6 nitrogen and oxygen atoms in total. The number of nitrogens with zero attached hydrogens (tertiary/aromatic N) is 1. The normalized spacial score (nSPS) is 15.4. The Kier molecular flexibility index (Phi) is 6.46. The number of nitrogens with one attached hydrogen (secondary N) is 1. The first-order chi connectivity index (χ1) is 11.5. The van der Waals surface area contributed by atoms with Gasteiger partial charge in [0.2, 0.25) is 0 Å². The van der Waals surface area contributed by atoms with Gasteiger partial charge in [-0.1, -0.05) is 13.8 Å². The summed E-state index contributed by atoms with van der Waals surface area (Å²) < 4.78 is 5.65. The van der Waals surface area contributed by atoms with Crippen molar-refractivity contribution in [3.63, 3.8) is 0 Å². The summed E-state index contributed by atoms with van der Waals surface area (Å²) in [5.74, 6) is 0.282. The summed E-state index contributed by atoms with van der Waals surface area (Å²) in [6.07, 6.45) is 2.02. The number of anilines is 1. The van der Waals surface area contributed by atoms with Crippen molar-refractivity contribution >= 4 is 17.7 Å². The average molecular weight is 334 g/mol. The van der Waals surface area contributed by atoms with Crippen LogP contribution >= 0.6 is 0 Å². The molecule has 0 atom stereocenters. The molecule has 1 saturated heterocycles. The van der Waals surface area contributed by atoms with Crippen LogP contribution in [0.2, 0.25) is 0 Å². The zero-order valence-corrected chi connectivity index (χ0v) is 14.3. The van der Waals surface area contributed by atoms with Crippen LogP contribution in [0.25, 0.3) is 0 Å². The Hall–Kier alpha value is -2.24. The zero-order chi connectivity index (χ0) is 17.5. The lowest BCUT2D eigenvalue weighted by Crippen LogP contribution is -2.42. The molecule has 0 unspecified atom stereocenters. The third-order valence-corrected chi connectivity index (χ3v) is 4.20. The Morgan fingerprint density at radius 1 is 1.25 bits per heavy atom. The Bertz CT molecular complexity index is 549. The molecule has 1 aromatic carbocycles. The maximum absolute atomic E-state index is 12.2. The van der Waals surface area contributed by atoms with Crippen LogP contribution in [0.15, 0.2) is 24.3 Å². The molecular weight excluding hydrogens is 308 g/mol. The molecule has 1 aliphatic rings. The van der Waals surface area contributed by atoms with Gasteiger partial charge in [0.1, 0.15) is 5.75 Å². The quantitative estimate of drug-likeness (QED) is 0.835. The molecule has 0 aliphatic carbocycles. The Morgan fingerprint density at radius 3 is 2.42 bits per heavy atom. The summed E-state index contributed by atoms with van der Waals surface area (Å²) in [4.78, 5) is 24.8. The van der Waals surface area contributed by atoms with E-state index >= 15 is 0 Å². The van der Waals surface area contributed by atoms with Gasteiger partial charge in [-0.3, -0.25) is 4.79 Å². The van der Waals surface area contributed by atoms with Crippen LogP contribution in [0.5, 0.6) is 5.75 Å². The van der Waals surface area contributed by atoms with Crippen LogP contribution in [0.1, 0.15) is 33.1 Å². The molecule has 1 heterocycles. The first-order valence-electron chi connectivity index (χ1n) is 8.47. The fourth-order valence-corrected chi connectivity index (χ4v) is 2.58. The number of hydrogen-bond acceptors (Lipinski definition) is 3. The van der Waals surface area contributed by atoms with E-state index in [-0.39, 0.29) is 11.9 Å². The van der Waals surface area contributed by atoms with Gasteiger partial charge in [-0.2, -0.15) is 0 Å². The smallest absolute Gasteiger partial charge is 0.321 e. The van der Waals surface area contributed by atoms with Crippen molar-refractivity contribution in [3.8, 4) is 5.75 Å². The van der Waals surface area contributed by atoms with E-state index in [4.69, 9.17) is 9.84 Å². The van der Waals surface area contributed by atoms with Crippen molar-refractivity contribution in [3.05, 3.63) is 24.3 Å². The minimum Gasteiger partial charge on any atom is -0.494 e. The van der Waals surface area contributed by atoms with Gasteiger partial charge in [-0.15, -0.1) is 0 Å². The number of amides is 2. The van der Waals surface area contributed by atoms with Crippen LogP contribution < -0.4 is 10.1 Å². The second-order valence-electron chi connectivity index (χ2n) is 6.59. The molecule has 0 aromatic heterocycles. The lowest BCUT2D eigenvalue weighted by Gasteiger charge is -2.30. The molecule has 6 heteroatoms. The lowest BCUT2D eigenvalue weighted by atomic mass is 9.97. The molecule has 0 saturated carbocycles. The minimum absolute atomic E-state index is 0.188. The first-order valence-corrected chi connectivity index (χ1v) is 8.47. The topological polar surface area (TPSA) is 78.9 Å². The minimum atomic E-state index is -0.775. The monoisotopic (exact) mass is 334 g/mol. The van der Waals surface area contributed by atoms with E-state index in [1.165, 1.54) is 0 Å². The highest BCUT2D eigenvalue weighted by Crippen LogP contribution is 2.20. The number of carboxylic acid groups (broad SMARTS) is 1. The van der Waals surface area contributed by atoms with Crippen LogP contribution in [0, 0.1) is 11.8 Å². The molecule has 2 rings (SSSR count). The summed E-state index contributed by atoms with van der Waals surface area (Å²) in [5.41, 5.74) is 0.705. The summed E-state index contributed by atoms with van der Waals surface area (Å²) in [6.45, 7) is 5.93. The van der Waals surface area contributed by atoms with E-state index in [2.05, 4.69) is 19.2 Å². The molecule has 2 amide bonds. The van der Waals surface area contributed by atoms with Gasteiger partial charge in [-0.05, 0) is 49.4 Å². The second kappa shape index (κ2) is 8.57. The highest BCUT2D eigenvalue weighted by Gasteiger charge is 2.26. The van der Waals surface area contributed by atoms with E-state index < -0.39 is 5.97 Å². The molecule has 2 N–H and O–H groups in total. The number of hydrogen-bond donors (Lipinski definition) is 2. The highest BCUT2D eigenvalue weighted by molar-refractivity contribution is 5.89. The van der Waals surface area contributed by atoms with Gasteiger partial charge in [0.15, 0.2) is 0 Å². The van der Waals surface area contributed by atoms with E-state index in [0.29, 0.717) is 44.1 Å². The zero-order valence-electron chi connectivity index (χ0n) is 14.3. The molecule has 1 fully saturated rings. The summed E-state index contributed by atoms with van der Waals surface area (Å²) in [7, 11) is 0. The van der Waals surface area contributed by atoms with Crippen molar-refractivity contribution in [2.75, 3.05) is 25.0 Å². The molecule has 24 heavy (non-hydrogen) atoms. The van der Waals surface area contributed by atoms with Crippen LogP contribution in [-0.4, -0.2) is 41.7 Å². The molecular formula is C18H26N2O4. The molecule has 132 valence electrons. The second-order valence-corrected chi connectivity index (χ2v) is 6.59. The van der Waals surface area contributed by atoms with Crippen molar-refractivity contribution in [1.82, 2.24) is 4.90 Å². The average Bonchev–Trinajstić information content (AvgIpc) is 2.56. The number of piperidine rings is 1. The standard InChI is InChI=1S/C18H26N2O4/c1-13(2)9-12-24-16-5-3-15(4-6-16)19-18(23)20-10-7-14(8-11-20)17(21)22/h3-6,13-14H,7-12H2,1-2H3,(H,19,23)(H,21,22). The number of carbonyl (C=O) groups excluding carboxylic acids is 1. The predicted octanol–water partition coefficient (Wildman–Crippen LogP) is 3.44.